The van der Waals surface area contributed by atoms with Crippen LogP contribution in [0.25, 0.3) is 0 Å². The van der Waals surface area contributed by atoms with Gasteiger partial charge in [-0.25, -0.2) is 13.8 Å². The Hall–Kier alpha value is -1.86. The van der Waals surface area contributed by atoms with Crippen molar-refractivity contribution < 1.29 is 13.6 Å². The quantitative estimate of drug-likeness (QED) is 0.815. The molecule has 1 aromatic rings. The Labute approximate surface area is 102 Å². The summed E-state index contributed by atoms with van der Waals surface area (Å²) in [7, 11) is 0. The lowest BCUT2D eigenvalue weighted by Gasteiger charge is -2.28. The highest BCUT2D eigenvalue weighted by molar-refractivity contribution is 5.96. The monoisotopic (exact) mass is 257 g/mol. The second-order valence-corrected chi connectivity index (χ2v) is 4.30. The van der Waals surface area contributed by atoms with Crippen LogP contribution in [0, 0.1) is 0 Å². The van der Waals surface area contributed by atoms with Crippen molar-refractivity contribution in [2.45, 2.75) is 37.6 Å². The first-order valence-corrected chi connectivity index (χ1v) is 5.60. The van der Waals surface area contributed by atoms with Gasteiger partial charge in [-0.1, -0.05) is 0 Å². The summed E-state index contributed by atoms with van der Waals surface area (Å²) in [6.45, 7) is 0. The molecule has 1 amide bonds. The fourth-order valence-electron chi connectivity index (χ4n) is 1.90. The van der Waals surface area contributed by atoms with E-state index in [-0.39, 0.29) is 43.2 Å². The Morgan fingerprint density at radius 1 is 1.44 bits per heavy atom. The molecule has 0 radical (unpaired) electrons. The van der Waals surface area contributed by atoms with Gasteiger partial charge in [-0.05, 0) is 12.8 Å². The maximum absolute atomic E-state index is 12.9. The summed E-state index contributed by atoms with van der Waals surface area (Å²) in [4.78, 5) is 15.5. The molecular formula is C10H13F2N5O. The number of anilines is 1. The molecule has 0 bridgehead atoms. The number of aromatic nitrogens is 3. The predicted molar refractivity (Wildman–Crippen MR) is 58.9 cm³/mol. The van der Waals surface area contributed by atoms with Gasteiger partial charge in [0, 0.05) is 18.9 Å². The van der Waals surface area contributed by atoms with Crippen molar-refractivity contribution in [1.82, 2.24) is 20.5 Å². The third-order valence-electron chi connectivity index (χ3n) is 2.91. The molecule has 0 aliphatic heterocycles. The van der Waals surface area contributed by atoms with Crippen LogP contribution in [0.3, 0.4) is 0 Å². The van der Waals surface area contributed by atoms with E-state index >= 15 is 0 Å². The summed E-state index contributed by atoms with van der Waals surface area (Å²) in [6, 6.07) is -0.272. The van der Waals surface area contributed by atoms with Gasteiger partial charge in [0.15, 0.2) is 11.5 Å². The minimum atomic E-state index is -2.61. The van der Waals surface area contributed by atoms with E-state index in [1.165, 1.54) is 0 Å². The Kier molecular flexibility index (Phi) is 3.35. The van der Waals surface area contributed by atoms with Crippen molar-refractivity contribution in [1.29, 1.82) is 0 Å². The predicted octanol–water partition coefficient (Wildman–Crippen LogP) is 0.761. The summed E-state index contributed by atoms with van der Waals surface area (Å²) in [5.74, 6) is -3.19. The van der Waals surface area contributed by atoms with E-state index in [0.717, 1.165) is 6.33 Å². The molecule has 6 nitrogen and oxygen atoms in total. The number of amides is 1. The lowest BCUT2D eigenvalue weighted by Crippen LogP contribution is -2.40. The lowest BCUT2D eigenvalue weighted by molar-refractivity contribution is -0.0399. The van der Waals surface area contributed by atoms with E-state index in [1.807, 2.05) is 0 Å². The number of nitrogens with two attached hydrogens (primary N) is 1. The van der Waals surface area contributed by atoms with Crippen molar-refractivity contribution in [2.75, 3.05) is 5.73 Å². The van der Waals surface area contributed by atoms with E-state index in [1.54, 1.807) is 0 Å². The Balaban J connectivity index is 1.95. The first-order valence-electron chi connectivity index (χ1n) is 5.60. The minimum Gasteiger partial charge on any atom is -0.380 e. The highest BCUT2D eigenvalue weighted by atomic mass is 19.3. The van der Waals surface area contributed by atoms with Crippen molar-refractivity contribution in [3.63, 3.8) is 0 Å². The van der Waals surface area contributed by atoms with Crippen LogP contribution in [0.15, 0.2) is 6.33 Å². The zero-order valence-electron chi connectivity index (χ0n) is 9.57. The maximum Gasteiger partial charge on any atom is 0.274 e. The van der Waals surface area contributed by atoms with Crippen LogP contribution in [0.1, 0.15) is 36.2 Å². The van der Waals surface area contributed by atoms with Gasteiger partial charge < -0.3 is 11.1 Å². The SMILES string of the molecule is Nc1nncnc1C(=O)NC1CCC(F)(F)CC1. The van der Waals surface area contributed by atoms with Crippen molar-refractivity contribution >= 4 is 11.7 Å². The Morgan fingerprint density at radius 2 is 2.11 bits per heavy atom. The molecule has 0 atom stereocenters. The average Bonchev–Trinajstić information content (AvgIpc) is 2.32. The van der Waals surface area contributed by atoms with Gasteiger partial charge in [-0.3, -0.25) is 4.79 Å². The van der Waals surface area contributed by atoms with Crippen molar-refractivity contribution in [2.24, 2.45) is 0 Å². The maximum atomic E-state index is 12.9. The van der Waals surface area contributed by atoms with Crippen LogP contribution in [-0.2, 0) is 0 Å². The molecule has 1 saturated carbocycles. The fourth-order valence-corrected chi connectivity index (χ4v) is 1.90. The number of alkyl halides is 2. The van der Waals surface area contributed by atoms with Crippen LogP contribution < -0.4 is 11.1 Å². The Morgan fingerprint density at radius 3 is 2.72 bits per heavy atom. The summed E-state index contributed by atoms with van der Waals surface area (Å²) in [5.41, 5.74) is 5.43. The number of nitrogens with one attached hydrogen (secondary N) is 1. The van der Waals surface area contributed by atoms with Crippen LogP contribution in [-0.4, -0.2) is 33.1 Å². The van der Waals surface area contributed by atoms with Crippen LogP contribution >= 0.6 is 0 Å². The van der Waals surface area contributed by atoms with Crippen LogP contribution in [0.5, 0.6) is 0 Å². The number of nitrogens with zero attached hydrogens (tertiary/aromatic N) is 3. The van der Waals surface area contributed by atoms with E-state index in [9.17, 15) is 13.6 Å². The number of rotatable bonds is 2. The minimum absolute atomic E-state index is 0.0256. The summed E-state index contributed by atoms with van der Waals surface area (Å²) < 4.78 is 25.9. The van der Waals surface area contributed by atoms with Gasteiger partial charge in [0.1, 0.15) is 6.33 Å². The zero-order chi connectivity index (χ0) is 13.2. The molecule has 1 aliphatic carbocycles. The fraction of sp³-hybridized carbons (Fsp3) is 0.600. The molecule has 98 valence electrons. The molecule has 1 aliphatic rings. The molecule has 8 heteroatoms. The zero-order valence-corrected chi connectivity index (χ0v) is 9.57. The second-order valence-electron chi connectivity index (χ2n) is 4.30. The normalized spacial score (nSPS) is 19.4. The summed E-state index contributed by atoms with van der Waals surface area (Å²) >= 11 is 0. The Bertz CT molecular complexity index is 444. The topological polar surface area (TPSA) is 93.8 Å². The molecule has 2 rings (SSSR count). The van der Waals surface area contributed by atoms with Gasteiger partial charge >= 0.3 is 0 Å². The molecule has 1 aromatic heterocycles. The molecule has 0 spiro atoms. The van der Waals surface area contributed by atoms with Crippen LogP contribution in [0.2, 0.25) is 0 Å². The van der Waals surface area contributed by atoms with E-state index in [2.05, 4.69) is 20.5 Å². The van der Waals surface area contributed by atoms with Crippen LogP contribution in [0.4, 0.5) is 14.6 Å². The number of hydrogen-bond acceptors (Lipinski definition) is 5. The highest BCUT2D eigenvalue weighted by Gasteiger charge is 2.35. The summed E-state index contributed by atoms with van der Waals surface area (Å²) in [5, 5.41) is 9.56. The second kappa shape index (κ2) is 4.79. The van der Waals surface area contributed by atoms with Gasteiger partial charge in [-0.2, -0.15) is 0 Å². The number of carbonyl (C=O) groups is 1. The highest BCUT2D eigenvalue weighted by Crippen LogP contribution is 2.33. The van der Waals surface area contributed by atoms with E-state index in [4.69, 9.17) is 5.73 Å². The van der Waals surface area contributed by atoms with Gasteiger partial charge in [-0.15, -0.1) is 10.2 Å². The molecular weight excluding hydrogens is 244 g/mol. The molecule has 3 N–H and O–H groups in total. The first kappa shape index (κ1) is 12.6. The lowest BCUT2D eigenvalue weighted by atomic mass is 9.92. The third-order valence-corrected chi connectivity index (χ3v) is 2.91. The molecule has 0 saturated heterocycles. The van der Waals surface area contributed by atoms with Crippen molar-refractivity contribution in [3.8, 4) is 0 Å². The standard InChI is InChI=1S/C10H13F2N5O/c11-10(12)3-1-6(2-4-10)16-9(18)7-8(13)17-15-5-14-7/h5-6H,1-4H2,(H2,13,17)(H,16,18). The van der Waals surface area contributed by atoms with Crippen molar-refractivity contribution in [3.05, 3.63) is 12.0 Å². The van der Waals surface area contributed by atoms with Gasteiger partial charge in [0.25, 0.3) is 5.91 Å². The molecule has 18 heavy (non-hydrogen) atoms. The third kappa shape index (κ3) is 2.88. The first-order chi connectivity index (χ1) is 8.48. The molecule has 1 fully saturated rings. The molecule has 0 aromatic carbocycles. The summed E-state index contributed by atoms with van der Waals surface area (Å²) in [6.07, 6.45) is 1.18. The largest absolute Gasteiger partial charge is 0.380 e. The molecule has 0 unspecified atom stereocenters. The number of halogens is 2. The number of nitrogen functional groups attached to an aromatic ring is 1. The smallest absolute Gasteiger partial charge is 0.274 e. The van der Waals surface area contributed by atoms with Gasteiger partial charge in [0.2, 0.25) is 5.92 Å². The number of carbonyl (C=O) groups excluding carboxylic acids is 1. The van der Waals surface area contributed by atoms with Gasteiger partial charge in [0.05, 0.1) is 0 Å². The number of hydrogen-bond donors (Lipinski definition) is 2. The molecule has 1 heterocycles. The average molecular weight is 257 g/mol. The van der Waals surface area contributed by atoms with E-state index in [0.29, 0.717) is 0 Å². The van der Waals surface area contributed by atoms with E-state index < -0.39 is 11.8 Å².